The van der Waals surface area contributed by atoms with E-state index in [0.29, 0.717) is 24.7 Å². The van der Waals surface area contributed by atoms with Crippen LogP contribution in [0, 0.1) is 0 Å². The molecule has 0 aliphatic carbocycles. The van der Waals surface area contributed by atoms with E-state index < -0.39 is 10.8 Å². The summed E-state index contributed by atoms with van der Waals surface area (Å²) in [6, 6.07) is 7.35. The third kappa shape index (κ3) is 4.76. The van der Waals surface area contributed by atoms with Crippen LogP contribution < -0.4 is 10.5 Å². The predicted octanol–water partition coefficient (Wildman–Crippen LogP) is 1.48. The van der Waals surface area contributed by atoms with Crippen molar-refractivity contribution in [2.24, 2.45) is 5.73 Å². The molecule has 2 atom stereocenters. The van der Waals surface area contributed by atoms with Crippen molar-refractivity contribution < 1.29 is 13.7 Å². The fraction of sp³-hybridized carbons (Fsp3) is 0.538. The normalized spacial score (nSPS) is 14.2. The van der Waals surface area contributed by atoms with Crippen molar-refractivity contribution in [2.45, 2.75) is 13.0 Å². The SMILES string of the molecule is CCOc1ccccc1C(N)CS(=O)CCOC. The molecule has 0 saturated heterocycles. The van der Waals surface area contributed by atoms with Gasteiger partial charge < -0.3 is 15.2 Å². The molecule has 18 heavy (non-hydrogen) atoms. The number of hydrogen-bond acceptors (Lipinski definition) is 4. The summed E-state index contributed by atoms with van der Waals surface area (Å²) >= 11 is 0. The molecule has 5 heteroatoms. The summed E-state index contributed by atoms with van der Waals surface area (Å²) in [5.74, 6) is 1.71. The van der Waals surface area contributed by atoms with Crippen LogP contribution in [0.15, 0.2) is 24.3 Å². The van der Waals surface area contributed by atoms with Gasteiger partial charge >= 0.3 is 0 Å². The lowest BCUT2D eigenvalue weighted by Gasteiger charge is -2.16. The molecule has 0 spiro atoms. The van der Waals surface area contributed by atoms with Gasteiger partial charge in [-0.3, -0.25) is 4.21 Å². The Balaban J connectivity index is 2.65. The summed E-state index contributed by atoms with van der Waals surface area (Å²) in [7, 11) is 0.630. The zero-order valence-corrected chi connectivity index (χ0v) is 11.7. The average Bonchev–Trinajstić information content (AvgIpc) is 2.37. The summed E-state index contributed by atoms with van der Waals surface area (Å²) in [5, 5.41) is 0. The van der Waals surface area contributed by atoms with Crippen LogP contribution in [-0.2, 0) is 15.5 Å². The predicted molar refractivity (Wildman–Crippen MR) is 74.3 cm³/mol. The van der Waals surface area contributed by atoms with Gasteiger partial charge in [-0.25, -0.2) is 0 Å². The number of hydrogen-bond donors (Lipinski definition) is 1. The van der Waals surface area contributed by atoms with Crippen LogP contribution in [0.3, 0.4) is 0 Å². The maximum Gasteiger partial charge on any atom is 0.124 e. The van der Waals surface area contributed by atoms with Gasteiger partial charge in [-0.1, -0.05) is 18.2 Å². The second-order valence-corrected chi connectivity index (χ2v) is 5.50. The highest BCUT2D eigenvalue weighted by Crippen LogP contribution is 2.24. The van der Waals surface area contributed by atoms with E-state index in [9.17, 15) is 4.21 Å². The molecule has 0 bridgehead atoms. The Labute approximate surface area is 111 Å². The first-order valence-electron chi connectivity index (χ1n) is 6.00. The van der Waals surface area contributed by atoms with Crippen LogP contribution in [0.2, 0.25) is 0 Å². The van der Waals surface area contributed by atoms with Crippen LogP contribution in [0.1, 0.15) is 18.5 Å². The first-order chi connectivity index (χ1) is 8.69. The Kier molecular flexibility index (Phi) is 6.93. The molecule has 4 nitrogen and oxygen atoms in total. The fourth-order valence-corrected chi connectivity index (χ4v) is 2.72. The van der Waals surface area contributed by atoms with Gasteiger partial charge in [0.25, 0.3) is 0 Å². The monoisotopic (exact) mass is 271 g/mol. The van der Waals surface area contributed by atoms with Crippen LogP contribution >= 0.6 is 0 Å². The largest absolute Gasteiger partial charge is 0.494 e. The standard InChI is InChI=1S/C13H21NO3S/c1-3-17-13-7-5-4-6-11(13)12(14)10-18(15)9-8-16-2/h4-7,12H,3,8-10,14H2,1-2H3. The first-order valence-corrected chi connectivity index (χ1v) is 7.49. The van der Waals surface area contributed by atoms with E-state index in [4.69, 9.17) is 15.2 Å². The molecule has 102 valence electrons. The minimum Gasteiger partial charge on any atom is -0.494 e. The van der Waals surface area contributed by atoms with Crippen molar-refractivity contribution in [3.05, 3.63) is 29.8 Å². The van der Waals surface area contributed by atoms with Gasteiger partial charge in [0.15, 0.2) is 0 Å². The summed E-state index contributed by atoms with van der Waals surface area (Å²) in [6.45, 7) is 3.02. The summed E-state index contributed by atoms with van der Waals surface area (Å²) in [5.41, 5.74) is 6.99. The van der Waals surface area contributed by atoms with E-state index in [0.717, 1.165) is 11.3 Å². The third-order valence-electron chi connectivity index (χ3n) is 2.50. The third-order valence-corrected chi connectivity index (χ3v) is 3.85. The fourth-order valence-electron chi connectivity index (χ4n) is 1.62. The van der Waals surface area contributed by atoms with Gasteiger partial charge in [0.2, 0.25) is 0 Å². The molecule has 0 amide bonds. The van der Waals surface area contributed by atoms with Gasteiger partial charge in [-0.15, -0.1) is 0 Å². The van der Waals surface area contributed by atoms with Crippen LogP contribution in [0.5, 0.6) is 5.75 Å². The molecular formula is C13H21NO3S. The van der Waals surface area contributed by atoms with Crippen molar-refractivity contribution in [1.82, 2.24) is 0 Å². The van der Waals surface area contributed by atoms with Gasteiger partial charge in [0.1, 0.15) is 5.75 Å². The van der Waals surface area contributed by atoms with E-state index in [1.54, 1.807) is 7.11 Å². The molecule has 0 heterocycles. The van der Waals surface area contributed by atoms with E-state index in [-0.39, 0.29) is 6.04 Å². The van der Waals surface area contributed by atoms with E-state index in [1.165, 1.54) is 0 Å². The highest BCUT2D eigenvalue weighted by molar-refractivity contribution is 7.85. The summed E-state index contributed by atoms with van der Waals surface area (Å²) in [6.07, 6.45) is 0. The maximum atomic E-state index is 11.8. The summed E-state index contributed by atoms with van der Waals surface area (Å²) in [4.78, 5) is 0. The van der Waals surface area contributed by atoms with Crippen molar-refractivity contribution in [2.75, 3.05) is 31.8 Å². The number of methoxy groups -OCH3 is 1. The number of para-hydroxylation sites is 1. The van der Waals surface area contributed by atoms with Gasteiger partial charge in [-0.2, -0.15) is 0 Å². The molecular weight excluding hydrogens is 250 g/mol. The van der Waals surface area contributed by atoms with Crippen LogP contribution in [0.4, 0.5) is 0 Å². The Bertz CT molecular complexity index is 384. The summed E-state index contributed by atoms with van der Waals surface area (Å²) < 4.78 is 22.2. The molecule has 1 aromatic rings. The minimum absolute atomic E-state index is 0.273. The Morgan fingerprint density at radius 2 is 2.11 bits per heavy atom. The molecule has 0 saturated carbocycles. The molecule has 0 radical (unpaired) electrons. The van der Waals surface area contributed by atoms with Crippen molar-refractivity contribution in [1.29, 1.82) is 0 Å². The first kappa shape index (κ1) is 15.1. The second-order valence-electron chi connectivity index (χ2n) is 3.88. The smallest absolute Gasteiger partial charge is 0.124 e. The quantitative estimate of drug-likeness (QED) is 0.778. The van der Waals surface area contributed by atoms with Gasteiger partial charge in [-0.05, 0) is 13.0 Å². The van der Waals surface area contributed by atoms with Crippen molar-refractivity contribution >= 4 is 10.8 Å². The zero-order valence-electron chi connectivity index (χ0n) is 10.9. The number of ether oxygens (including phenoxy) is 2. The Morgan fingerprint density at radius 3 is 2.78 bits per heavy atom. The molecule has 1 aromatic carbocycles. The second kappa shape index (κ2) is 8.24. The van der Waals surface area contributed by atoms with Crippen molar-refractivity contribution in [3.8, 4) is 5.75 Å². The highest BCUT2D eigenvalue weighted by atomic mass is 32.2. The number of benzene rings is 1. The Morgan fingerprint density at radius 1 is 1.39 bits per heavy atom. The minimum atomic E-state index is -0.968. The molecule has 1 rings (SSSR count). The van der Waals surface area contributed by atoms with E-state index >= 15 is 0 Å². The molecule has 0 aliphatic heterocycles. The van der Waals surface area contributed by atoms with E-state index in [2.05, 4.69) is 0 Å². The number of rotatable bonds is 8. The maximum absolute atomic E-state index is 11.8. The van der Waals surface area contributed by atoms with Gasteiger partial charge in [0, 0.05) is 41.0 Å². The van der Waals surface area contributed by atoms with Gasteiger partial charge in [0.05, 0.1) is 13.2 Å². The topological polar surface area (TPSA) is 61.5 Å². The van der Waals surface area contributed by atoms with Crippen LogP contribution in [-0.4, -0.2) is 36.0 Å². The molecule has 0 fully saturated rings. The number of nitrogens with two attached hydrogens (primary N) is 1. The van der Waals surface area contributed by atoms with Crippen molar-refractivity contribution in [3.63, 3.8) is 0 Å². The molecule has 2 unspecified atom stereocenters. The highest BCUT2D eigenvalue weighted by Gasteiger charge is 2.14. The average molecular weight is 271 g/mol. The van der Waals surface area contributed by atoms with Crippen LogP contribution in [0.25, 0.3) is 0 Å². The zero-order chi connectivity index (χ0) is 13.4. The lowest BCUT2D eigenvalue weighted by molar-refractivity contribution is 0.218. The molecule has 0 aliphatic rings. The lowest BCUT2D eigenvalue weighted by Crippen LogP contribution is -2.21. The molecule has 0 aromatic heterocycles. The van der Waals surface area contributed by atoms with E-state index in [1.807, 2.05) is 31.2 Å². The lowest BCUT2D eigenvalue weighted by atomic mass is 10.1. The molecule has 2 N–H and O–H groups in total. The Hall–Kier alpha value is -0.910.